The van der Waals surface area contributed by atoms with E-state index in [2.05, 4.69) is 54.6 Å². The highest BCUT2D eigenvalue weighted by Gasteiger charge is 2.13. The molecule has 4 aliphatic carbocycles. The van der Waals surface area contributed by atoms with Crippen LogP contribution in [0, 0.1) is 0 Å². The summed E-state index contributed by atoms with van der Waals surface area (Å²) in [7, 11) is -1.00. The van der Waals surface area contributed by atoms with Crippen LogP contribution in [0.2, 0.25) is 0 Å². The van der Waals surface area contributed by atoms with Gasteiger partial charge in [-0.25, -0.2) is 0 Å². The Hall–Kier alpha value is -2.19. The molecule has 0 spiro atoms. The monoisotopic (exact) mass is 346 g/mol. The third-order valence-corrected chi connectivity index (χ3v) is 6.39. The van der Waals surface area contributed by atoms with E-state index in [0.29, 0.717) is 5.75 Å². The molecule has 0 amide bonds. The molecule has 7 rings (SSSR count). The molecule has 0 unspecified atom stereocenters. The van der Waals surface area contributed by atoms with Crippen LogP contribution >= 0.6 is 0 Å². The molecule has 0 saturated heterocycles. The van der Waals surface area contributed by atoms with E-state index < -0.39 is 10.8 Å². The largest absolute Gasteiger partial charge is 0.254 e. The maximum absolute atomic E-state index is 13.1. The van der Waals surface area contributed by atoms with Crippen LogP contribution in [0.25, 0.3) is 0 Å². The lowest BCUT2D eigenvalue weighted by Crippen LogP contribution is -2.05. The molecule has 0 aliphatic heterocycles. The molecule has 0 fully saturated rings. The topological polar surface area (TPSA) is 17.1 Å². The first-order valence-corrected chi connectivity index (χ1v) is 10.2. The summed E-state index contributed by atoms with van der Waals surface area (Å²) in [6.45, 7) is 0. The molecule has 0 N–H and O–H groups in total. The highest BCUT2D eigenvalue weighted by molar-refractivity contribution is 7.84. The van der Waals surface area contributed by atoms with Gasteiger partial charge in [-0.15, -0.1) is 0 Å². The minimum absolute atomic E-state index is 0.588. The Balaban J connectivity index is 1.65. The molecule has 1 atom stereocenters. The third-order valence-electron chi connectivity index (χ3n) is 4.93. The molecule has 25 heavy (non-hydrogen) atoms. The van der Waals surface area contributed by atoms with Crippen LogP contribution in [0.15, 0.2) is 77.7 Å². The highest BCUT2D eigenvalue weighted by atomic mass is 32.2. The van der Waals surface area contributed by atoms with Gasteiger partial charge in [0.25, 0.3) is 0 Å². The zero-order valence-corrected chi connectivity index (χ0v) is 15.1. The van der Waals surface area contributed by atoms with Gasteiger partial charge in [0.15, 0.2) is 0 Å². The minimum atomic E-state index is -1.00. The fourth-order valence-electron chi connectivity index (χ4n) is 3.42. The van der Waals surface area contributed by atoms with Crippen molar-refractivity contribution < 1.29 is 4.21 Å². The van der Waals surface area contributed by atoms with E-state index in [1.165, 1.54) is 22.3 Å². The average Bonchev–Trinajstić information content (AvgIpc) is 2.64. The molecular weight excluding hydrogens is 324 g/mol. The molecule has 2 heteroatoms. The fourth-order valence-corrected chi connectivity index (χ4v) is 4.81. The van der Waals surface area contributed by atoms with Crippen molar-refractivity contribution in [3.05, 3.63) is 101 Å². The zero-order valence-electron chi connectivity index (χ0n) is 14.3. The van der Waals surface area contributed by atoms with Crippen molar-refractivity contribution in [2.75, 3.05) is 0 Å². The number of rotatable bonds is 3. The summed E-state index contributed by atoms with van der Waals surface area (Å²) in [6, 6.07) is 25.7. The molecule has 4 aliphatic rings. The van der Waals surface area contributed by atoms with Crippen LogP contribution in [0.5, 0.6) is 0 Å². The summed E-state index contributed by atoms with van der Waals surface area (Å²) in [5, 5.41) is 0. The summed E-state index contributed by atoms with van der Waals surface area (Å²) in [6.07, 6.45) is 3.96. The van der Waals surface area contributed by atoms with E-state index >= 15 is 0 Å². The van der Waals surface area contributed by atoms with Gasteiger partial charge in [0, 0.05) is 4.90 Å². The first-order valence-electron chi connectivity index (χ1n) is 8.90. The first-order chi connectivity index (χ1) is 12.3. The van der Waals surface area contributed by atoms with Crippen molar-refractivity contribution in [2.45, 2.75) is 36.3 Å². The van der Waals surface area contributed by atoms with Crippen molar-refractivity contribution in [1.29, 1.82) is 0 Å². The third kappa shape index (κ3) is 3.91. The van der Waals surface area contributed by atoms with Gasteiger partial charge in [-0.05, 0) is 59.6 Å². The highest BCUT2D eigenvalue weighted by Crippen LogP contribution is 2.23. The van der Waals surface area contributed by atoms with E-state index in [1.807, 2.05) is 18.2 Å². The maximum atomic E-state index is 13.1. The number of hydrogen-bond acceptors (Lipinski definition) is 1. The molecular formula is C23H22OS. The fraction of sp³-hybridized carbons (Fsp3) is 0.217. The van der Waals surface area contributed by atoms with E-state index in [-0.39, 0.29) is 0 Å². The van der Waals surface area contributed by atoms with Gasteiger partial charge in [0.2, 0.25) is 0 Å². The van der Waals surface area contributed by atoms with E-state index in [4.69, 9.17) is 0 Å². The van der Waals surface area contributed by atoms with Crippen LogP contribution < -0.4 is 0 Å². The molecule has 4 bridgehead atoms. The van der Waals surface area contributed by atoms with Crippen molar-refractivity contribution in [1.82, 2.24) is 0 Å². The standard InChI is InChI=1S/C23H22OS/c24-25(17-21-4-2-1-3-5-21)23-16-20-11-10-18-6-8-19(9-7-18)12-14-22(23)15-13-20/h1-9,13,15-16H,10-12,14,17H2/t25-/m0/s1. The Morgan fingerprint density at radius 3 is 2.00 bits per heavy atom. The maximum Gasteiger partial charge on any atom is 0.0577 e. The SMILES string of the molecule is O=[S@@](Cc1ccccc1)c1cc2ccc1CCc1ccc(cc1)CC2. The first kappa shape index (κ1) is 16.3. The van der Waals surface area contributed by atoms with Crippen LogP contribution in [-0.4, -0.2) is 4.21 Å². The van der Waals surface area contributed by atoms with E-state index in [9.17, 15) is 4.21 Å². The second-order valence-corrected chi connectivity index (χ2v) is 8.15. The van der Waals surface area contributed by atoms with Gasteiger partial charge in [0.1, 0.15) is 0 Å². The predicted molar refractivity (Wildman–Crippen MR) is 104 cm³/mol. The van der Waals surface area contributed by atoms with Gasteiger partial charge in [-0.3, -0.25) is 4.21 Å². The average molecular weight is 346 g/mol. The quantitative estimate of drug-likeness (QED) is 0.661. The molecule has 0 heterocycles. The van der Waals surface area contributed by atoms with Gasteiger partial charge >= 0.3 is 0 Å². The zero-order chi connectivity index (χ0) is 17.1. The van der Waals surface area contributed by atoms with Crippen LogP contribution in [-0.2, 0) is 42.2 Å². The molecule has 126 valence electrons. The van der Waals surface area contributed by atoms with Gasteiger partial charge < -0.3 is 0 Å². The summed E-state index contributed by atoms with van der Waals surface area (Å²) in [4.78, 5) is 1.02. The summed E-state index contributed by atoms with van der Waals surface area (Å²) < 4.78 is 13.1. The van der Waals surface area contributed by atoms with Crippen molar-refractivity contribution in [3.63, 3.8) is 0 Å². The lowest BCUT2D eigenvalue weighted by atomic mass is 9.97. The Morgan fingerprint density at radius 2 is 1.28 bits per heavy atom. The normalized spacial score (nSPS) is 14.7. The smallest absolute Gasteiger partial charge is 0.0577 e. The van der Waals surface area contributed by atoms with Gasteiger partial charge in [-0.1, -0.05) is 66.7 Å². The summed E-state index contributed by atoms with van der Waals surface area (Å²) >= 11 is 0. The molecule has 3 aromatic carbocycles. The van der Waals surface area contributed by atoms with Crippen molar-refractivity contribution >= 4 is 10.8 Å². The second-order valence-electron chi connectivity index (χ2n) is 6.73. The van der Waals surface area contributed by atoms with Gasteiger partial charge in [-0.2, -0.15) is 0 Å². The Bertz CT molecular complexity index is 882. The number of benzene rings is 3. The van der Waals surface area contributed by atoms with Crippen LogP contribution in [0.1, 0.15) is 27.8 Å². The molecule has 3 aromatic rings. The lowest BCUT2D eigenvalue weighted by Gasteiger charge is -2.14. The summed E-state index contributed by atoms with van der Waals surface area (Å²) in [5.41, 5.74) is 6.37. The summed E-state index contributed by atoms with van der Waals surface area (Å²) in [5.74, 6) is 0.588. The lowest BCUT2D eigenvalue weighted by molar-refractivity contribution is 0.681. The second kappa shape index (κ2) is 7.37. The Labute approximate surface area is 152 Å². The van der Waals surface area contributed by atoms with Crippen LogP contribution in [0.3, 0.4) is 0 Å². The molecule has 0 aromatic heterocycles. The van der Waals surface area contributed by atoms with Crippen molar-refractivity contribution in [2.24, 2.45) is 0 Å². The van der Waals surface area contributed by atoms with Gasteiger partial charge in [0.05, 0.1) is 16.6 Å². The number of hydrogen-bond donors (Lipinski definition) is 0. The van der Waals surface area contributed by atoms with E-state index in [0.717, 1.165) is 36.1 Å². The molecule has 0 saturated carbocycles. The van der Waals surface area contributed by atoms with Crippen molar-refractivity contribution in [3.8, 4) is 0 Å². The van der Waals surface area contributed by atoms with Crippen LogP contribution in [0.4, 0.5) is 0 Å². The number of aryl methyl sites for hydroxylation is 4. The predicted octanol–water partition coefficient (Wildman–Crippen LogP) is 4.88. The Kier molecular flexibility index (Phi) is 4.80. The Morgan fingerprint density at radius 1 is 0.680 bits per heavy atom. The molecule has 0 radical (unpaired) electrons. The van der Waals surface area contributed by atoms with E-state index in [1.54, 1.807) is 0 Å². The minimum Gasteiger partial charge on any atom is -0.254 e. The molecule has 1 nitrogen and oxygen atoms in total.